The Morgan fingerprint density at radius 2 is 1.81 bits per heavy atom. The minimum atomic E-state index is -0.814. The number of benzene rings is 1. The zero-order valence-corrected chi connectivity index (χ0v) is 15.8. The van der Waals surface area contributed by atoms with E-state index in [1.54, 1.807) is 32.4 Å². The Morgan fingerprint density at radius 3 is 2.46 bits per heavy atom. The molecule has 0 unspecified atom stereocenters. The monoisotopic (exact) mass is 365 g/mol. The summed E-state index contributed by atoms with van der Waals surface area (Å²) in [5.41, 5.74) is 0.660. The van der Waals surface area contributed by atoms with Crippen LogP contribution in [-0.2, 0) is 0 Å². The zero-order chi connectivity index (χ0) is 18.8. The minimum absolute atomic E-state index is 0.130. The number of methoxy groups -OCH3 is 2. The third-order valence-corrected chi connectivity index (χ3v) is 4.66. The lowest BCUT2D eigenvalue weighted by Gasteiger charge is -2.20. The summed E-state index contributed by atoms with van der Waals surface area (Å²) < 4.78 is 10.4. The average molecular weight is 365 g/mol. The van der Waals surface area contributed by atoms with Gasteiger partial charge in [-0.05, 0) is 43.6 Å². The van der Waals surface area contributed by atoms with E-state index < -0.39 is 6.10 Å². The lowest BCUT2D eigenvalue weighted by atomic mass is 10.1. The first kappa shape index (κ1) is 20.3. The third kappa shape index (κ3) is 6.38. The van der Waals surface area contributed by atoms with Crippen molar-refractivity contribution in [1.82, 2.24) is 15.5 Å². The van der Waals surface area contributed by atoms with Crippen LogP contribution >= 0.6 is 0 Å². The van der Waals surface area contributed by atoms with Gasteiger partial charge in [-0.2, -0.15) is 0 Å². The third-order valence-electron chi connectivity index (χ3n) is 4.66. The number of amides is 2. The van der Waals surface area contributed by atoms with Crippen molar-refractivity contribution in [2.24, 2.45) is 0 Å². The first-order valence-electron chi connectivity index (χ1n) is 9.28. The summed E-state index contributed by atoms with van der Waals surface area (Å²) in [6.07, 6.45) is 4.27. The van der Waals surface area contributed by atoms with Crippen LogP contribution in [0, 0.1) is 0 Å². The van der Waals surface area contributed by atoms with Crippen LogP contribution in [0.4, 0.5) is 4.79 Å². The number of nitrogens with zero attached hydrogens (tertiary/aromatic N) is 1. The van der Waals surface area contributed by atoms with Crippen LogP contribution in [0.2, 0.25) is 0 Å². The van der Waals surface area contributed by atoms with Crippen molar-refractivity contribution in [1.29, 1.82) is 0 Å². The molecule has 3 N–H and O–H groups in total. The van der Waals surface area contributed by atoms with Gasteiger partial charge in [0.15, 0.2) is 11.5 Å². The Kier molecular flexibility index (Phi) is 8.50. The molecule has 1 heterocycles. The van der Waals surface area contributed by atoms with Crippen molar-refractivity contribution in [3.63, 3.8) is 0 Å². The molecule has 0 aliphatic carbocycles. The highest BCUT2D eigenvalue weighted by atomic mass is 16.5. The molecular formula is C19H31N3O4. The van der Waals surface area contributed by atoms with Gasteiger partial charge in [-0.3, -0.25) is 0 Å². The Balaban J connectivity index is 1.71. The first-order valence-corrected chi connectivity index (χ1v) is 9.28. The van der Waals surface area contributed by atoms with Crippen LogP contribution in [0.5, 0.6) is 11.5 Å². The fourth-order valence-corrected chi connectivity index (χ4v) is 3.12. The second-order valence-electron chi connectivity index (χ2n) is 6.52. The number of aliphatic hydroxyl groups excluding tert-OH is 1. The number of ether oxygens (including phenoxy) is 2. The quantitative estimate of drug-likeness (QED) is 0.656. The van der Waals surface area contributed by atoms with E-state index in [0.29, 0.717) is 23.6 Å². The van der Waals surface area contributed by atoms with Crippen LogP contribution in [0.25, 0.3) is 0 Å². The SMILES string of the molecule is COc1ccc([C@H](O)CNC(=O)NCCN2CCCCCC2)cc1OC. The maximum atomic E-state index is 11.9. The van der Waals surface area contributed by atoms with Crippen LogP contribution in [0.3, 0.4) is 0 Å². The number of carbonyl (C=O) groups excluding carboxylic acids is 1. The van der Waals surface area contributed by atoms with Crippen molar-refractivity contribution in [2.75, 3.05) is 46.9 Å². The van der Waals surface area contributed by atoms with E-state index in [2.05, 4.69) is 15.5 Å². The fraction of sp³-hybridized carbons (Fsp3) is 0.632. The Morgan fingerprint density at radius 1 is 1.12 bits per heavy atom. The number of likely N-dealkylation sites (tertiary alicyclic amines) is 1. The summed E-state index contributed by atoms with van der Waals surface area (Å²) in [4.78, 5) is 14.3. The van der Waals surface area contributed by atoms with Gasteiger partial charge in [-0.25, -0.2) is 4.79 Å². The number of carbonyl (C=O) groups is 1. The van der Waals surface area contributed by atoms with E-state index in [4.69, 9.17) is 9.47 Å². The van der Waals surface area contributed by atoms with Gasteiger partial charge in [0, 0.05) is 19.6 Å². The number of aliphatic hydroxyl groups is 1. The van der Waals surface area contributed by atoms with E-state index in [-0.39, 0.29) is 12.6 Å². The summed E-state index contributed by atoms with van der Waals surface area (Å²) in [6.45, 7) is 3.83. The maximum Gasteiger partial charge on any atom is 0.314 e. The molecule has 146 valence electrons. The molecule has 1 aromatic rings. The van der Waals surface area contributed by atoms with Gasteiger partial charge in [0.2, 0.25) is 0 Å². The molecule has 1 atom stereocenters. The highest BCUT2D eigenvalue weighted by Crippen LogP contribution is 2.29. The predicted octanol–water partition coefficient (Wildman–Crippen LogP) is 1.91. The number of urea groups is 1. The molecule has 0 bridgehead atoms. The van der Waals surface area contributed by atoms with E-state index in [1.807, 2.05) is 0 Å². The standard InChI is InChI=1S/C19H31N3O4/c1-25-17-8-7-15(13-18(17)26-2)16(23)14-21-19(24)20-9-12-22-10-5-3-4-6-11-22/h7-8,13,16,23H,3-6,9-12,14H2,1-2H3,(H2,20,21,24)/t16-/m1/s1. The average Bonchev–Trinajstić information content (AvgIpc) is 2.94. The molecule has 2 rings (SSSR count). The van der Waals surface area contributed by atoms with Gasteiger partial charge >= 0.3 is 6.03 Å². The molecule has 0 aromatic heterocycles. The second kappa shape index (κ2) is 10.9. The Hall–Kier alpha value is -1.99. The molecule has 1 aliphatic rings. The highest BCUT2D eigenvalue weighted by molar-refractivity contribution is 5.73. The van der Waals surface area contributed by atoms with Crippen molar-refractivity contribution in [3.8, 4) is 11.5 Å². The molecule has 1 fully saturated rings. The molecule has 0 spiro atoms. The summed E-state index contributed by atoms with van der Waals surface area (Å²) >= 11 is 0. The fourth-order valence-electron chi connectivity index (χ4n) is 3.12. The van der Waals surface area contributed by atoms with Crippen LogP contribution in [0.15, 0.2) is 18.2 Å². The van der Waals surface area contributed by atoms with Crippen molar-refractivity contribution in [2.45, 2.75) is 31.8 Å². The van der Waals surface area contributed by atoms with Crippen molar-refractivity contribution >= 4 is 6.03 Å². The Labute approximate surface area is 155 Å². The largest absolute Gasteiger partial charge is 0.493 e. The Bertz CT molecular complexity index is 560. The van der Waals surface area contributed by atoms with Gasteiger partial charge in [-0.15, -0.1) is 0 Å². The lowest BCUT2D eigenvalue weighted by Crippen LogP contribution is -2.41. The molecule has 0 radical (unpaired) electrons. The van der Waals surface area contributed by atoms with Gasteiger partial charge < -0.3 is 30.1 Å². The summed E-state index contributed by atoms with van der Waals surface area (Å²) in [5, 5.41) is 15.8. The molecule has 1 aromatic carbocycles. The molecule has 2 amide bonds. The van der Waals surface area contributed by atoms with Gasteiger partial charge in [-0.1, -0.05) is 18.9 Å². The van der Waals surface area contributed by atoms with Gasteiger partial charge in [0.1, 0.15) is 0 Å². The first-order chi connectivity index (χ1) is 12.6. The van der Waals surface area contributed by atoms with Gasteiger partial charge in [0.05, 0.1) is 20.3 Å². The maximum absolute atomic E-state index is 11.9. The topological polar surface area (TPSA) is 83.1 Å². The molecule has 1 aliphatic heterocycles. The van der Waals surface area contributed by atoms with E-state index in [9.17, 15) is 9.90 Å². The summed E-state index contributed by atoms with van der Waals surface area (Å²) in [6, 6.07) is 4.94. The molecule has 0 saturated carbocycles. The molecule has 7 heteroatoms. The lowest BCUT2D eigenvalue weighted by molar-refractivity contribution is 0.172. The summed E-state index contributed by atoms with van der Waals surface area (Å²) in [5.74, 6) is 1.15. The van der Waals surface area contributed by atoms with Gasteiger partial charge in [0.25, 0.3) is 0 Å². The van der Waals surface area contributed by atoms with Crippen molar-refractivity contribution in [3.05, 3.63) is 23.8 Å². The van der Waals surface area contributed by atoms with Crippen molar-refractivity contribution < 1.29 is 19.4 Å². The normalized spacial score (nSPS) is 16.4. The summed E-state index contributed by atoms with van der Waals surface area (Å²) in [7, 11) is 3.11. The van der Waals surface area contributed by atoms with E-state index in [1.165, 1.54) is 25.7 Å². The molecular weight excluding hydrogens is 334 g/mol. The highest BCUT2D eigenvalue weighted by Gasteiger charge is 2.13. The number of hydrogen-bond donors (Lipinski definition) is 3. The molecule has 7 nitrogen and oxygen atoms in total. The van der Waals surface area contributed by atoms with E-state index in [0.717, 1.165) is 19.6 Å². The van der Waals surface area contributed by atoms with Crippen LogP contribution in [-0.4, -0.2) is 63.0 Å². The molecule has 1 saturated heterocycles. The molecule has 26 heavy (non-hydrogen) atoms. The number of rotatable bonds is 8. The number of nitrogens with one attached hydrogen (secondary N) is 2. The van der Waals surface area contributed by atoms with Crippen LogP contribution < -0.4 is 20.1 Å². The minimum Gasteiger partial charge on any atom is -0.493 e. The van der Waals surface area contributed by atoms with E-state index >= 15 is 0 Å². The second-order valence-corrected chi connectivity index (χ2v) is 6.52. The predicted molar refractivity (Wildman–Crippen MR) is 101 cm³/mol. The van der Waals surface area contributed by atoms with Crippen LogP contribution in [0.1, 0.15) is 37.4 Å². The number of hydrogen-bond acceptors (Lipinski definition) is 5. The smallest absolute Gasteiger partial charge is 0.314 e. The zero-order valence-electron chi connectivity index (χ0n) is 15.8.